The van der Waals surface area contributed by atoms with Gasteiger partial charge in [0.05, 0.1) is 7.11 Å². The SMILES string of the molecule is COc1cccc(OCC(=N)N2CCN(c3ccccc3/C=C/C(=O)NO)CC2)c1. The van der Waals surface area contributed by atoms with Crippen molar-refractivity contribution in [1.29, 1.82) is 5.41 Å². The first-order valence-corrected chi connectivity index (χ1v) is 9.66. The molecule has 1 aliphatic heterocycles. The van der Waals surface area contributed by atoms with Crippen LogP contribution in [0, 0.1) is 5.41 Å². The smallest absolute Gasteiger partial charge is 0.267 e. The molecule has 0 radical (unpaired) electrons. The molecule has 3 N–H and O–H groups in total. The Morgan fingerprint density at radius 1 is 1.13 bits per heavy atom. The predicted octanol–water partition coefficient (Wildman–Crippen LogP) is 2.39. The monoisotopic (exact) mass is 410 g/mol. The number of benzene rings is 2. The average Bonchev–Trinajstić information content (AvgIpc) is 2.81. The largest absolute Gasteiger partial charge is 0.497 e. The molecule has 30 heavy (non-hydrogen) atoms. The van der Waals surface area contributed by atoms with Crippen LogP contribution in [0.3, 0.4) is 0 Å². The van der Waals surface area contributed by atoms with Crippen LogP contribution in [0.1, 0.15) is 5.56 Å². The number of hydrogen-bond acceptors (Lipinski definition) is 6. The molecule has 8 nitrogen and oxygen atoms in total. The van der Waals surface area contributed by atoms with Crippen LogP contribution in [-0.4, -0.2) is 61.7 Å². The van der Waals surface area contributed by atoms with Gasteiger partial charge >= 0.3 is 0 Å². The molecule has 2 aromatic rings. The third-order valence-electron chi connectivity index (χ3n) is 4.88. The summed E-state index contributed by atoms with van der Waals surface area (Å²) in [5.41, 5.74) is 3.50. The van der Waals surface area contributed by atoms with Gasteiger partial charge in [0.15, 0.2) is 0 Å². The fourth-order valence-corrected chi connectivity index (χ4v) is 3.27. The zero-order valence-corrected chi connectivity index (χ0v) is 16.9. The number of hydrogen-bond donors (Lipinski definition) is 3. The molecular weight excluding hydrogens is 384 g/mol. The zero-order chi connectivity index (χ0) is 21.3. The molecule has 1 amide bonds. The highest BCUT2D eigenvalue weighted by Gasteiger charge is 2.20. The van der Waals surface area contributed by atoms with E-state index in [0.717, 1.165) is 30.1 Å². The van der Waals surface area contributed by atoms with Crippen molar-refractivity contribution >= 4 is 23.5 Å². The molecule has 0 aromatic heterocycles. The number of nitrogens with zero attached hydrogens (tertiary/aromatic N) is 2. The number of anilines is 1. The van der Waals surface area contributed by atoms with E-state index >= 15 is 0 Å². The molecule has 1 saturated heterocycles. The van der Waals surface area contributed by atoms with E-state index in [2.05, 4.69) is 4.90 Å². The number of nitrogens with one attached hydrogen (secondary N) is 2. The Morgan fingerprint density at radius 3 is 2.60 bits per heavy atom. The molecule has 158 valence electrons. The van der Waals surface area contributed by atoms with Crippen LogP contribution >= 0.6 is 0 Å². The van der Waals surface area contributed by atoms with Crippen LogP contribution in [0.5, 0.6) is 11.5 Å². The molecule has 2 aromatic carbocycles. The van der Waals surface area contributed by atoms with Crippen molar-refractivity contribution < 1.29 is 19.5 Å². The van der Waals surface area contributed by atoms with Gasteiger partial charge < -0.3 is 19.3 Å². The van der Waals surface area contributed by atoms with E-state index in [4.69, 9.17) is 20.1 Å². The van der Waals surface area contributed by atoms with Crippen molar-refractivity contribution in [2.75, 3.05) is 44.8 Å². The number of hydroxylamine groups is 1. The molecule has 0 aliphatic carbocycles. The van der Waals surface area contributed by atoms with E-state index < -0.39 is 5.91 Å². The van der Waals surface area contributed by atoms with E-state index in [-0.39, 0.29) is 6.61 Å². The molecule has 0 spiro atoms. The summed E-state index contributed by atoms with van der Waals surface area (Å²) in [6.07, 6.45) is 2.97. The normalized spacial score (nSPS) is 13.9. The highest BCUT2D eigenvalue weighted by molar-refractivity contribution is 5.92. The number of rotatable bonds is 7. The fourth-order valence-electron chi connectivity index (χ4n) is 3.27. The van der Waals surface area contributed by atoms with Gasteiger partial charge in [-0.05, 0) is 29.8 Å². The average molecular weight is 410 g/mol. The second-order valence-corrected chi connectivity index (χ2v) is 6.76. The van der Waals surface area contributed by atoms with Crippen LogP contribution < -0.4 is 19.9 Å². The van der Waals surface area contributed by atoms with Gasteiger partial charge in [-0.25, -0.2) is 5.48 Å². The number of carbonyl (C=O) groups excluding carboxylic acids is 1. The third-order valence-corrected chi connectivity index (χ3v) is 4.88. The van der Waals surface area contributed by atoms with Gasteiger partial charge in [0.25, 0.3) is 5.91 Å². The quantitative estimate of drug-likeness (QED) is 0.213. The van der Waals surface area contributed by atoms with E-state index in [0.29, 0.717) is 24.7 Å². The summed E-state index contributed by atoms with van der Waals surface area (Å²) < 4.78 is 10.9. The number of ether oxygens (including phenoxy) is 2. The summed E-state index contributed by atoms with van der Waals surface area (Å²) in [5, 5.41) is 17.0. The topological polar surface area (TPSA) is 98.1 Å². The first-order chi connectivity index (χ1) is 14.6. The summed E-state index contributed by atoms with van der Waals surface area (Å²) in [6, 6.07) is 15.1. The molecule has 0 atom stereocenters. The Bertz CT molecular complexity index is 908. The molecule has 1 heterocycles. The van der Waals surface area contributed by atoms with Crippen LogP contribution in [-0.2, 0) is 4.79 Å². The minimum atomic E-state index is -0.570. The number of carbonyl (C=O) groups is 1. The lowest BCUT2D eigenvalue weighted by Gasteiger charge is -2.37. The lowest BCUT2D eigenvalue weighted by Crippen LogP contribution is -2.50. The molecule has 1 aliphatic rings. The number of amidine groups is 1. The van der Waals surface area contributed by atoms with Crippen molar-refractivity contribution in [3.63, 3.8) is 0 Å². The molecule has 1 fully saturated rings. The van der Waals surface area contributed by atoms with Crippen LogP contribution in [0.2, 0.25) is 0 Å². The number of methoxy groups -OCH3 is 1. The lowest BCUT2D eigenvalue weighted by molar-refractivity contribution is -0.124. The summed E-state index contributed by atoms with van der Waals surface area (Å²) in [4.78, 5) is 15.5. The molecule has 8 heteroatoms. The van der Waals surface area contributed by atoms with Crippen molar-refractivity contribution in [3.8, 4) is 11.5 Å². The predicted molar refractivity (Wildman–Crippen MR) is 115 cm³/mol. The molecule has 0 unspecified atom stereocenters. The Morgan fingerprint density at radius 2 is 1.87 bits per heavy atom. The van der Waals surface area contributed by atoms with E-state index in [9.17, 15) is 4.79 Å². The third kappa shape index (κ3) is 5.51. The molecular formula is C22H26N4O4. The van der Waals surface area contributed by atoms with E-state index in [1.165, 1.54) is 6.08 Å². The molecule has 0 saturated carbocycles. The van der Waals surface area contributed by atoms with E-state index in [1.54, 1.807) is 24.7 Å². The maximum absolute atomic E-state index is 11.3. The van der Waals surface area contributed by atoms with Gasteiger partial charge in [-0.1, -0.05) is 24.3 Å². The number of piperazine rings is 1. The summed E-state index contributed by atoms with van der Waals surface area (Å²) >= 11 is 0. The Kier molecular flexibility index (Phi) is 7.29. The Balaban J connectivity index is 1.55. The van der Waals surface area contributed by atoms with Crippen LogP contribution in [0.15, 0.2) is 54.6 Å². The highest BCUT2D eigenvalue weighted by atomic mass is 16.5. The second-order valence-electron chi connectivity index (χ2n) is 6.76. The Hall–Kier alpha value is -3.52. The van der Waals surface area contributed by atoms with Gasteiger partial charge in [0.2, 0.25) is 0 Å². The maximum atomic E-state index is 11.3. The van der Waals surface area contributed by atoms with Crippen LogP contribution in [0.25, 0.3) is 6.08 Å². The van der Waals surface area contributed by atoms with Gasteiger partial charge in [0, 0.05) is 44.0 Å². The minimum absolute atomic E-state index is 0.197. The summed E-state index contributed by atoms with van der Waals surface area (Å²) in [5.74, 6) is 1.26. The fraction of sp³-hybridized carbons (Fsp3) is 0.273. The molecule has 0 bridgehead atoms. The van der Waals surface area contributed by atoms with E-state index in [1.807, 2.05) is 47.4 Å². The van der Waals surface area contributed by atoms with Crippen molar-refractivity contribution in [2.45, 2.75) is 0 Å². The lowest BCUT2D eigenvalue weighted by atomic mass is 10.1. The van der Waals surface area contributed by atoms with Crippen LogP contribution in [0.4, 0.5) is 5.69 Å². The standard InChI is InChI=1S/C22H26N4O4/c1-29-18-6-4-7-19(15-18)30-16-21(23)26-13-11-25(12-14-26)20-8-3-2-5-17(20)9-10-22(27)24-28/h2-10,15,23,28H,11-14,16H2,1H3,(H,24,27)/b10-9+,23-21?. The number of para-hydroxylation sites is 1. The van der Waals surface area contributed by atoms with Gasteiger partial charge in [-0.3, -0.25) is 15.4 Å². The second kappa shape index (κ2) is 10.3. The van der Waals surface area contributed by atoms with Gasteiger partial charge in [-0.2, -0.15) is 0 Å². The Labute approximate surface area is 175 Å². The van der Waals surface area contributed by atoms with Gasteiger partial charge in [0.1, 0.15) is 23.9 Å². The first kappa shape index (κ1) is 21.2. The summed E-state index contributed by atoms with van der Waals surface area (Å²) in [6.45, 7) is 3.10. The maximum Gasteiger partial charge on any atom is 0.267 e. The minimum Gasteiger partial charge on any atom is -0.497 e. The number of amides is 1. The highest BCUT2D eigenvalue weighted by Crippen LogP contribution is 2.23. The van der Waals surface area contributed by atoms with Gasteiger partial charge in [-0.15, -0.1) is 0 Å². The zero-order valence-electron chi connectivity index (χ0n) is 16.9. The molecule has 3 rings (SSSR count). The van der Waals surface area contributed by atoms with Crippen molar-refractivity contribution in [3.05, 3.63) is 60.2 Å². The summed E-state index contributed by atoms with van der Waals surface area (Å²) in [7, 11) is 1.61. The van der Waals surface area contributed by atoms with Crippen molar-refractivity contribution in [1.82, 2.24) is 10.4 Å². The first-order valence-electron chi connectivity index (χ1n) is 9.66. The van der Waals surface area contributed by atoms with Crippen molar-refractivity contribution in [2.24, 2.45) is 0 Å².